The Morgan fingerprint density at radius 1 is 0.800 bits per heavy atom. The van der Waals surface area contributed by atoms with E-state index in [2.05, 4.69) is 20.4 Å². The van der Waals surface area contributed by atoms with E-state index >= 15 is 0 Å². The Morgan fingerprint density at radius 2 is 1.13 bits per heavy atom. The van der Waals surface area contributed by atoms with Gasteiger partial charge in [0.1, 0.15) is 0 Å². The Kier molecular flexibility index (Phi) is 45.9. The summed E-state index contributed by atoms with van der Waals surface area (Å²) < 4.78 is 0. The Balaban J connectivity index is -0.0000000755. The van der Waals surface area contributed by atoms with E-state index in [9.17, 15) is 0 Å². The first-order valence-corrected chi connectivity index (χ1v) is 3.24. The molecule has 0 heterocycles. The van der Waals surface area contributed by atoms with Crippen molar-refractivity contribution in [3.63, 3.8) is 0 Å². The maximum Gasteiger partial charge on any atom is 0 e. The maximum atomic E-state index is 7.75. The van der Waals surface area contributed by atoms with E-state index in [1.807, 2.05) is 30.3 Å². The van der Waals surface area contributed by atoms with Crippen LogP contribution in [0.25, 0.3) is 6.08 Å². The second kappa shape index (κ2) is 29.3. The standard InChI is InChI=1S/C8H7.3CHO.W/c1-2-8-6-4-3-5-7-8;3*1-2;/h1-7H;3*1H;/q4*-1;. The molecule has 0 aromatic heterocycles. The molecule has 0 bridgehead atoms. The van der Waals surface area contributed by atoms with E-state index in [-0.39, 0.29) is 21.1 Å². The molecule has 4 heteroatoms. The summed E-state index contributed by atoms with van der Waals surface area (Å²) in [6.07, 6.45) is 1.58. The molecule has 0 aliphatic carbocycles. The summed E-state index contributed by atoms with van der Waals surface area (Å²) >= 11 is 0. The van der Waals surface area contributed by atoms with E-state index < -0.39 is 0 Å². The molecule has 0 aliphatic rings. The van der Waals surface area contributed by atoms with Gasteiger partial charge in [-0.25, -0.2) is 6.08 Å². The molecule has 3 nitrogen and oxygen atoms in total. The topological polar surface area (TPSA) is 51.2 Å². The number of benzene rings is 1. The van der Waals surface area contributed by atoms with Gasteiger partial charge >= 0.3 is 0 Å². The van der Waals surface area contributed by atoms with Gasteiger partial charge in [0.2, 0.25) is 0 Å². The molecule has 82 valence electrons. The fourth-order valence-electron chi connectivity index (χ4n) is 0.564. The van der Waals surface area contributed by atoms with Crippen molar-refractivity contribution >= 4 is 26.4 Å². The van der Waals surface area contributed by atoms with E-state index in [0.29, 0.717) is 0 Å². The third-order valence-electron chi connectivity index (χ3n) is 0.992. The van der Waals surface area contributed by atoms with Gasteiger partial charge in [0.05, 0.1) is 0 Å². The second-order valence-corrected chi connectivity index (χ2v) is 1.58. The third-order valence-corrected chi connectivity index (χ3v) is 0.992. The van der Waals surface area contributed by atoms with Crippen molar-refractivity contribution < 1.29 is 35.4 Å². The van der Waals surface area contributed by atoms with Gasteiger partial charge in [-0.3, -0.25) is 26.9 Å². The molecule has 0 spiro atoms. The van der Waals surface area contributed by atoms with Crippen molar-refractivity contribution in [3.05, 3.63) is 42.5 Å². The average molecular weight is 374 g/mol. The van der Waals surface area contributed by atoms with Crippen LogP contribution >= 0.6 is 0 Å². The van der Waals surface area contributed by atoms with Crippen LogP contribution in [0.1, 0.15) is 5.56 Å². The van der Waals surface area contributed by atoms with Crippen LogP contribution in [0.15, 0.2) is 30.3 Å². The first kappa shape index (κ1) is 23.5. The minimum absolute atomic E-state index is 0. The quantitative estimate of drug-likeness (QED) is 0.550. The first-order chi connectivity index (χ1) is 6.93. The Labute approximate surface area is 104 Å². The van der Waals surface area contributed by atoms with Gasteiger partial charge in [0.25, 0.3) is 0 Å². The van der Waals surface area contributed by atoms with Crippen molar-refractivity contribution in [1.29, 1.82) is 0 Å². The molecule has 0 saturated carbocycles. The molecule has 1 aromatic carbocycles. The molecule has 0 amide bonds. The van der Waals surface area contributed by atoms with Crippen LogP contribution in [0.5, 0.6) is 0 Å². The third kappa shape index (κ3) is 19.2. The zero-order valence-corrected chi connectivity index (χ0v) is 10.8. The van der Waals surface area contributed by atoms with E-state index in [1.54, 1.807) is 6.08 Å². The fraction of sp³-hybridized carbons (Fsp3) is 0. The smallest absolute Gasteiger partial charge is 0 e. The zero-order valence-electron chi connectivity index (χ0n) is 7.91. The molecule has 0 fully saturated rings. The van der Waals surface area contributed by atoms with Gasteiger partial charge in [0, 0.05) is 21.1 Å². The predicted octanol–water partition coefficient (Wildman–Crippen LogP) is 1.31. The molecule has 0 atom stereocenters. The number of rotatable bonds is 1. The predicted molar refractivity (Wildman–Crippen MR) is 55.5 cm³/mol. The molecule has 0 unspecified atom stereocenters. The van der Waals surface area contributed by atoms with E-state index in [4.69, 9.17) is 21.0 Å². The normalized spacial score (nSPS) is 5.33. The Bertz CT molecular complexity index is 210. The van der Waals surface area contributed by atoms with Crippen LogP contribution in [0.2, 0.25) is 0 Å². The summed E-state index contributed by atoms with van der Waals surface area (Å²) in [4.78, 5) is 23.2. The molecular formula is C11H10O3W-4. The maximum absolute atomic E-state index is 7.75. The molecule has 0 radical (unpaired) electrons. The average Bonchev–Trinajstić information content (AvgIpc) is 2.37. The van der Waals surface area contributed by atoms with Gasteiger partial charge in [-0.2, -0.15) is 5.56 Å². The van der Waals surface area contributed by atoms with E-state index in [1.165, 1.54) is 0 Å². The van der Waals surface area contributed by atoms with Gasteiger partial charge in [-0.05, 0) is 0 Å². The summed E-state index contributed by atoms with van der Waals surface area (Å²) in [5.41, 5.74) is 1.06. The SMILES string of the molecule is [CH-]=Cc1ccccc1.[CH-]=O.[CH-]=O.[CH-]=O.[W]. The van der Waals surface area contributed by atoms with Crippen LogP contribution in [0.4, 0.5) is 0 Å². The monoisotopic (exact) mass is 374 g/mol. The minimum Gasteiger partial charge on any atom is -0.545 e. The van der Waals surface area contributed by atoms with Gasteiger partial charge in [-0.15, -0.1) is 12.1 Å². The molecule has 0 N–H and O–H groups in total. The van der Waals surface area contributed by atoms with Crippen molar-refractivity contribution in [2.75, 3.05) is 0 Å². The Hall–Kier alpha value is -1.34. The number of carbonyl (C=O) groups excluding carboxylic acids is 3. The number of hydrogen-bond acceptors (Lipinski definition) is 3. The summed E-state index contributed by atoms with van der Waals surface area (Å²) in [5, 5.41) is 0. The second-order valence-electron chi connectivity index (χ2n) is 1.58. The van der Waals surface area contributed by atoms with E-state index in [0.717, 1.165) is 5.56 Å². The minimum atomic E-state index is 0. The molecule has 1 rings (SSSR count). The summed E-state index contributed by atoms with van der Waals surface area (Å²) in [5.74, 6) is 0. The molecular weight excluding hydrogens is 364 g/mol. The molecule has 1 aromatic rings. The van der Waals surface area contributed by atoms with Crippen LogP contribution in [0, 0.1) is 6.58 Å². The largest absolute Gasteiger partial charge is 0.545 e. The molecule has 0 saturated heterocycles. The van der Waals surface area contributed by atoms with Gasteiger partial charge in [-0.1, -0.05) is 18.2 Å². The fourth-order valence-corrected chi connectivity index (χ4v) is 0.564. The first-order valence-electron chi connectivity index (χ1n) is 3.24. The van der Waals surface area contributed by atoms with Crippen LogP contribution in [-0.4, -0.2) is 20.4 Å². The van der Waals surface area contributed by atoms with Gasteiger partial charge in [0.15, 0.2) is 0 Å². The molecule has 15 heavy (non-hydrogen) atoms. The van der Waals surface area contributed by atoms with Crippen molar-refractivity contribution in [1.82, 2.24) is 0 Å². The summed E-state index contributed by atoms with van der Waals surface area (Å²) in [6, 6.07) is 9.80. The van der Waals surface area contributed by atoms with Crippen molar-refractivity contribution in [2.24, 2.45) is 0 Å². The summed E-state index contributed by atoms with van der Waals surface area (Å²) in [6.45, 7) is 15.0. The van der Waals surface area contributed by atoms with Gasteiger partial charge < -0.3 is 14.4 Å². The van der Waals surface area contributed by atoms with Crippen LogP contribution in [-0.2, 0) is 35.4 Å². The molecule has 0 aliphatic heterocycles. The van der Waals surface area contributed by atoms with Crippen molar-refractivity contribution in [2.45, 2.75) is 0 Å². The number of hydrogen-bond donors (Lipinski definition) is 0. The van der Waals surface area contributed by atoms with Crippen molar-refractivity contribution in [3.8, 4) is 0 Å². The zero-order chi connectivity index (χ0) is 11.8. The summed E-state index contributed by atoms with van der Waals surface area (Å²) in [7, 11) is 0. The Morgan fingerprint density at radius 3 is 1.33 bits per heavy atom. The van der Waals surface area contributed by atoms with Crippen LogP contribution in [0.3, 0.4) is 0 Å². The van der Waals surface area contributed by atoms with Crippen LogP contribution < -0.4 is 0 Å².